The Hall–Kier alpha value is -3.69. The third kappa shape index (κ3) is 7.18. The minimum Gasteiger partial charge on any atom is -0.496 e. The highest BCUT2D eigenvalue weighted by Gasteiger charge is 2.24. The van der Waals surface area contributed by atoms with Crippen molar-refractivity contribution in [3.8, 4) is 5.75 Å². The second-order valence-corrected chi connectivity index (χ2v) is 11.5. The molecule has 0 aliphatic rings. The van der Waals surface area contributed by atoms with Crippen LogP contribution in [0.2, 0.25) is 0 Å². The Morgan fingerprint density at radius 2 is 1.81 bits per heavy atom. The molecule has 0 aliphatic heterocycles. The molecule has 0 fully saturated rings. The van der Waals surface area contributed by atoms with Crippen LogP contribution in [0.1, 0.15) is 29.0 Å². The van der Waals surface area contributed by atoms with Crippen LogP contribution in [0.3, 0.4) is 0 Å². The maximum Gasteiger partial charge on any atom is 0.303 e. The number of ether oxygens (including phenoxy) is 1. The van der Waals surface area contributed by atoms with E-state index in [0.29, 0.717) is 18.4 Å². The third-order valence-corrected chi connectivity index (χ3v) is 8.56. The van der Waals surface area contributed by atoms with Crippen LogP contribution in [-0.4, -0.2) is 37.3 Å². The van der Waals surface area contributed by atoms with E-state index in [9.17, 15) is 18.3 Å². The molecule has 1 heterocycles. The number of carboxylic acid groups (broad SMARTS) is 1. The molecule has 7 nitrogen and oxygen atoms in total. The maximum absolute atomic E-state index is 13.1. The lowest BCUT2D eigenvalue weighted by atomic mass is 9.98. The van der Waals surface area contributed by atoms with Gasteiger partial charge in [-0.2, -0.15) is 0 Å². The van der Waals surface area contributed by atoms with Gasteiger partial charge in [-0.3, -0.25) is 4.79 Å². The number of benzene rings is 3. The Morgan fingerprint density at radius 1 is 1.05 bits per heavy atom. The number of nitrogens with zero attached hydrogens (tertiary/aromatic N) is 1. The molecule has 0 spiro atoms. The molecule has 0 radical (unpaired) electrons. The van der Waals surface area contributed by atoms with E-state index >= 15 is 0 Å². The average Bonchev–Trinajstić information content (AvgIpc) is 3.40. The zero-order valence-corrected chi connectivity index (χ0v) is 22.0. The maximum atomic E-state index is 13.1. The summed E-state index contributed by atoms with van der Waals surface area (Å²) in [6, 6.07) is 21.6. The molecule has 0 saturated heterocycles. The third-order valence-electron chi connectivity index (χ3n) is 6.04. The zero-order valence-electron chi connectivity index (χ0n) is 20.3. The van der Waals surface area contributed by atoms with Crippen molar-refractivity contribution in [3.05, 3.63) is 101 Å². The quantitative estimate of drug-likeness (QED) is 0.239. The minimum atomic E-state index is -3.67. The molecule has 1 atom stereocenters. The van der Waals surface area contributed by atoms with Crippen molar-refractivity contribution in [2.24, 2.45) is 0 Å². The van der Waals surface area contributed by atoms with Crippen molar-refractivity contribution in [1.82, 2.24) is 4.98 Å². The number of carbonyl (C=O) groups is 1. The Bertz CT molecular complexity index is 1420. The number of methoxy groups -OCH3 is 1. The molecule has 37 heavy (non-hydrogen) atoms. The number of rotatable bonds is 12. The number of hydrogen-bond acceptors (Lipinski definition) is 7. The fourth-order valence-corrected chi connectivity index (χ4v) is 6.31. The highest BCUT2D eigenvalue weighted by molar-refractivity contribution is 7.91. The number of aryl methyl sites for hydroxylation is 2. The van der Waals surface area contributed by atoms with Crippen molar-refractivity contribution in [2.45, 2.75) is 30.1 Å². The summed E-state index contributed by atoms with van der Waals surface area (Å²) in [4.78, 5) is 15.8. The number of anilines is 2. The van der Waals surface area contributed by atoms with Gasteiger partial charge in [0.05, 0.1) is 24.2 Å². The summed E-state index contributed by atoms with van der Waals surface area (Å²) >= 11 is 1.52. The first-order valence-electron chi connectivity index (χ1n) is 11.8. The van der Waals surface area contributed by atoms with E-state index in [-0.39, 0.29) is 17.1 Å². The molecular formula is C28H28N2O5S2. The topological polar surface area (TPSA) is 106 Å². The second-order valence-electron chi connectivity index (χ2n) is 8.62. The number of aliphatic carboxylic acids is 1. The molecular weight excluding hydrogens is 508 g/mol. The van der Waals surface area contributed by atoms with Gasteiger partial charge in [0.1, 0.15) is 5.75 Å². The molecule has 0 bridgehead atoms. The summed E-state index contributed by atoms with van der Waals surface area (Å²) in [6.45, 7) is 0. The van der Waals surface area contributed by atoms with E-state index in [1.807, 2.05) is 41.8 Å². The lowest BCUT2D eigenvalue weighted by Crippen LogP contribution is -2.18. The number of aromatic nitrogens is 1. The average molecular weight is 537 g/mol. The van der Waals surface area contributed by atoms with E-state index < -0.39 is 21.7 Å². The highest BCUT2D eigenvalue weighted by atomic mass is 32.2. The first-order valence-corrected chi connectivity index (χ1v) is 14.3. The molecule has 0 unspecified atom stereocenters. The number of hydrogen-bond donors (Lipinski definition) is 2. The summed E-state index contributed by atoms with van der Waals surface area (Å²) in [6.07, 6.45) is 2.90. The minimum absolute atomic E-state index is 0.190. The van der Waals surface area contributed by atoms with Crippen LogP contribution in [0.4, 0.5) is 10.8 Å². The Labute approximate surface area is 220 Å². The number of sulfone groups is 1. The Kier molecular flexibility index (Phi) is 8.58. The molecule has 1 aromatic heterocycles. The van der Waals surface area contributed by atoms with Crippen molar-refractivity contribution in [1.29, 1.82) is 0 Å². The second kappa shape index (κ2) is 12.0. The fourth-order valence-electron chi connectivity index (χ4n) is 4.17. The van der Waals surface area contributed by atoms with Gasteiger partial charge in [0, 0.05) is 23.2 Å². The fraction of sp³-hybridized carbons (Fsp3) is 0.214. The van der Waals surface area contributed by atoms with Crippen molar-refractivity contribution in [3.63, 3.8) is 0 Å². The van der Waals surface area contributed by atoms with Crippen LogP contribution in [0, 0.1) is 0 Å². The van der Waals surface area contributed by atoms with E-state index in [2.05, 4.69) is 10.3 Å². The monoisotopic (exact) mass is 536 g/mol. The first kappa shape index (κ1) is 26.4. The SMILES string of the molecule is COc1ccc(Nc2nccs2)cc1CCc1ccc(S(=O)(=O)C[C@H](CC(=O)O)c2ccccc2)cc1. The van der Waals surface area contributed by atoms with E-state index in [4.69, 9.17) is 4.74 Å². The number of nitrogens with one attached hydrogen (secondary N) is 1. The lowest BCUT2D eigenvalue weighted by molar-refractivity contribution is -0.137. The van der Waals surface area contributed by atoms with Crippen LogP contribution in [0.25, 0.3) is 0 Å². The molecule has 2 N–H and O–H groups in total. The Morgan fingerprint density at radius 3 is 2.46 bits per heavy atom. The standard InChI is InChI=1S/C28H28N2O5S2/c1-35-26-14-11-24(30-28-29-15-16-36-28)17-22(26)10-7-20-8-12-25(13-9-20)37(33,34)19-23(18-27(31)32)21-5-3-2-4-6-21/h2-6,8-9,11-17,23H,7,10,18-19H2,1H3,(H,29,30)(H,31,32)/t23-/m0/s1. The van der Waals surface area contributed by atoms with Crippen LogP contribution >= 0.6 is 11.3 Å². The zero-order chi connectivity index (χ0) is 26.3. The van der Waals surface area contributed by atoms with Gasteiger partial charge in [0.2, 0.25) is 0 Å². The predicted molar refractivity (Wildman–Crippen MR) is 146 cm³/mol. The van der Waals surface area contributed by atoms with Gasteiger partial charge in [0.25, 0.3) is 0 Å². The van der Waals surface area contributed by atoms with Gasteiger partial charge in [-0.25, -0.2) is 13.4 Å². The van der Waals surface area contributed by atoms with Crippen molar-refractivity contribution >= 4 is 38.0 Å². The summed E-state index contributed by atoms with van der Waals surface area (Å²) in [5, 5.41) is 15.3. The summed E-state index contributed by atoms with van der Waals surface area (Å²) < 4.78 is 31.8. The van der Waals surface area contributed by atoms with E-state index in [1.165, 1.54) is 11.3 Å². The number of thiazole rings is 1. The molecule has 0 amide bonds. The predicted octanol–water partition coefficient (Wildman–Crippen LogP) is 5.71. The summed E-state index contributed by atoms with van der Waals surface area (Å²) in [5.74, 6) is -1.13. The van der Waals surface area contributed by atoms with Gasteiger partial charge >= 0.3 is 5.97 Å². The van der Waals surface area contributed by atoms with Crippen molar-refractivity contribution in [2.75, 3.05) is 18.2 Å². The number of carboxylic acids is 1. The van der Waals surface area contributed by atoms with Gasteiger partial charge in [-0.15, -0.1) is 11.3 Å². The van der Waals surface area contributed by atoms with Gasteiger partial charge in [-0.05, 0) is 59.9 Å². The van der Waals surface area contributed by atoms with Crippen LogP contribution in [0.5, 0.6) is 5.75 Å². The molecule has 4 rings (SSSR count). The highest BCUT2D eigenvalue weighted by Crippen LogP contribution is 2.28. The molecule has 0 aliphatic carbocycles. The van der Waals surface area contributed by atoms with E-state index in [0.717, 1.165) is 27.7 Å². The van der Waals surface area contributed by atoms with Crippen molar-refractivity contribution < 1.29 is 23.1 Å². The first-order chi connectivity index (χ1) is 17.8. The van der Waals surface area contributed by atoms with Crippen LogP contribution in [-0.2, 0) is 27.5 Å². The van der Waals surface area contributed by atoms with Gasteiger partial charge < -0.3 is 15.2 Å². The van der Waals surface area contributed by atoms with Gasteiger partial charge in [-0.1, -0.05) is 42.5 Å². The van der Waals surface area contributed by atoms with E-state index in [1.54, 1.807) is 49.7 Å². The van der Waals surface area contributed by atoms with Crippen LogP contribution in [0.15, 0.2) is 89.3 Å². The molecule has 3 aromatic carbocycles. The molecule has 9 heteroatoms. The largest absolute Gasteiger partial charge is 0.496 e. The summed E-state index contributed by atoms with van der Waals surface area (Å²) in [7, 11) is -2.04. The van der Waals surface area contributed by atoms with Gasteiger partial charge in [0.15, 0.2) is 15.0 Å². The summed E-state index contributed by atoms with van der Waals surface area (Å²) in [5.41, 5.74) is 3.64. The smallest absolute Gasteiger partial charge is 0.303 e. The molecule has 4 aromatic rings. The molecule has 0 saturated carbocycles. The van der Waals surface area contributed by atoms with Crippen LogP contribution < -0.4 is 10.1 Å². The normalized spacial score (nSPS) is 12.1. The molecule has 192 valence electrons. The lowest BCUT2D eigenvalue weighted by Gasteiger charge is -2.16. The Balaban J connectivity index is 1.44.